The van der Waals surface area contributed by atoms with Crippen molar-refractivity contribution in [2.75, 3.05) is 44.3 Å². The van der Waals surface area contributed by atoms with Crippen LogP contribution in [0.15, 0.2) is 72.8 Å². The average molecular weight is 492 g/mol. The molecule has 5 rings (SSSR count). The fourth-order valence-corrected chi connectivity index (χ4v) is 5.08. The van der Waals surface area contributed by atoms with Crippen LogP contribution in [0.3, 0.4) is 0 Å². The van der Waals surface area contributed by atoms with Crippen molar-refractivity contribution in [2.45, 2.75) is 6.42 Å². The third kappa shape index (κ3) is 5.51. The largest absolute Gasteiger partial charge is 0.457 e. The van der Waals surface area contributed by atoms with Gasteiger partial charge in [-0.25, -0.2) is 9.37 Å². The van der Waals surface area contributed by atoms with E-state index in [0.717, 1.165) is 39.3 Å². The van der Waals surface area contributed by atoms with Gasteiger partial charge in [0.25, 0.3) is 5.91 Å². The summed E-state index contributed by atoms with van der Waals surface area (Å²) in [6.45, 7) is 4.52. The van der Waals surface area contributed by atoms with Gasteiger partial charge in [-0.3, -0.25) is 14.6 Å². The minimum atomic E-state index is -0.390. The molecule has 1 aliphatic rings. The molecule has 1 fully saturated rings. The molecule has 0 aliphatic carbocycles. The van der Waals surface area contributed by atoms with Crippen molar-refractivity contribution < 1.29 is 18.7 Å². The molecule has 6 nitrogen and oxygen atoms in total. The van der Waals surface area contributed by atoms with Gasteiger partial charge in [0.15, 0.2) is 5.13 Å². The maximum absolute atomic E-state index is 14.4. The number of morpholine rings is 1. The van der Waals surface area contributed by atoms with Gasteiger partial charge in [0.2, 0.25) is 0 Å². The molecule has 0 N–H and O–H groups in total. The van der Waals surface area contributed by atoms with Gasteiger partial charge in [0.1, 0.15) is 22.8 Å². The molecule has 0 atom stereocenters. The van der Waals surface area contributed by atoms with Gasteiger partial charge < -0.3 is 9.47 Å². The zero-order valence-corrected chi connectivity index (χ0v) is 20.0. The Labute approximate surface area is 207 Å². The number of anilines is 1. The van der Waals surface area contributed by atoms with Gasteiger partial charge >= 0.3 is 0 Å². The molecule has 0 spiro atoms. The Morgan fingerprint density at radius 3 is 2.60 bits per heavy atom. The standard InChI is InChI=1S/C27H26FN3O3S/c28-22-11-6-13-24-25(22)29-27(35-24)31(15-7-14-30-16-18-33-19-17-30)26(32)21-10-4-5-12-23(21)34-20-8-2-1-3-9-20/h1-6,8-13H,7,14-19H2. The molecule has 8 heteroatoms. The summed E-state index contributed by atoms with van der Waals surface area (Å²) in [6.07, 6.45) is 0.756. The van der Waals surface area contributed by atoms with Crippen molar-refractivity contribution in [3.05, 3.63) is 84.2 Å². The predicted octanol–water partition coefficient (Wildman–Crippen LogP) is 5.60. The molecule has 0 saturated carbocycles. The van der Waals surface area contributed by atoms with Crippen LogP contribution in [0.1, 0.15) is 16.8 Å². The summed E-state index contributed by atoms with van der Waals surface area (Å²) in [5.74, 6) is 0.499. The third-order valence-corrected chi connectivity index (χ3v) is 6.93. The van der Waals surface area contributed by atoms with Crippen molar-refractivity contribution in [2.24, 2.45) is 0 Å². The second-order valence-corrected chi connectivity index (χ2v) is 9.27. The molecule has 1 amide bonds. The SMILES string of the molecule is O=C(c1ccccc1Oc1ccccc1)N(CCCN1CCOCC1)c1nc2c(F)cccc2s1. The van der Waals surface area contributed by atoms with Gasteiger partial charge in [0, 0.05) is 26.2 Å². The summed E-state index contributed by atoms with van der Waals surface area (Å²) in [6, 6.07) is 21.4. The van der Waals surface area contributed by atoms with Gasteiger partial charge in [-0.05, 0) is 42.8 Å². The lowest BCUT2D eigenvalue weighted by atomic mass is 10.1. The van der Waals surface area contributed by atoms with E-state index in [1.165, 1.54) is 17.4 Å². The lowest BCUT2D eigenvalue weighted by Gasteiger charge is -2.28. The number of halogens is 1. The van der Waals surface area contributed by atoms with Gasteiger partial charge in [0.05, 0.1) is 23.5 Å². The molecule has 0 radical (unpaired) electrons. The Balaban J connectivity index is 1.44. The number of para-hydroxylation sites is 3. The van der Waals surface area contributed by atoms with Crippen LogP contribution in [0.2, 0.25) is 0 Å². The molecule has 180 valence electrons. The summed E-state index contributed by atoms with van der Waals surface area (Å²) in [4.78, 5) is 22.4. The van der Waals surface area contributed by atoms with Crippen LogP contribution in [-0.2, 0) is 4.74 Å². The highest BCUT2D eigenvalue weighted by Crippen LogP contribution is 2.33. The molecule has 3 aromatic carbocycles. The normalized spacial score (nSPS) is 14.2. The van der Waals surface area contributed by atoms with Crippen molar-refractivity contribution in [3.8, 4) is 11.5 Å². The molecule has 0 bridgehead atoms. The highest BCUT2D eigenvalue weighted by atomic mass is 32.1. The minimum absolute atomic E-state index is 0.224. The lowest BCUT2D eigenvalue weighted by molar-refractivity contribution is 0.0376. The number of ether oxygens (including phenoxy) is 2. The van der Waals surface area contributed by atoms with Crippen LogP contribution < -0.4 is 9.64 Å². The number of benzene rings is 3. The average Bonchev–Trinajstić information content (AvgIpc) is 3.33. The quantitative estimate of drug-likeness (QED) is 0.321. The van der Waals surface area contributed by atoms with Crippen molar-refractivity contribution in [1.82, 2.24) is 9.88 Å². The molecule has 0 unspecified atom stereocenters. The summed E-state index contributed by atoms with van der Waals surface area (Å²) in [7, 11) is 0. The smallest absolute Gasteiger partial charge is 0.263 e. The van der Waals surface area contributed by atoms with E-state index in [9.17, 15) is 9.18 Å². The summed E-state index contributed by atoms with van der Waals surface area (Å²) in [5, 5.41) is 0.478. The van der Waals surface area contributed by atoms with E-state index < -0.39 is 5.82 Å². The number of carbonyl (C=O) groups is 1. The number of nitrogens with zero attached hydrogens (tertiary/aromatic N) is 3. The number of carbonyl (C=O) groups excluding carboxylic acids is 1. The second-order valence-electron chi connectivity index (χ2n) is 8.26. The van der Waals surface area contributed by atoms with E-state index in [0.29, 0.717) is 33.4 Å². The first-order valence-electron chi connectivity index (χ1n) is 11.7. The first kappa shape index (κ1) is 23.4. The van der Waals surface area contributed by atoms with Gasteiger partial charge in [-0.2, -0.15) is 0 Å². The first-order chi connectivity index (χ1) is 17.2. The molecule has 2 heterocycles. The topological polar surface area (TPSA) is 54.9 Å². The zero-order chi connectivity index (χ0) is 24.0. The van der Waals surface area contributed by atoms with Crippen LogP contribution >= 0.6 is 11.3 Å². The van der Waals surface area contributed by atoms with Crippen molar-refractivity contribution in [1.29, 1.82) is 0 Å². The third-order valence-electron chi connectivity index (χ3n) is 5.88. The van der Waals surface area contributed by atoms with E-state index in [4.69, 9.17) is 9.47 Å². The molecule has 1 aromatic heterocycles. The van der Waals surface area contributed by atoms with Crippen LogP contribution in [0.5, 0.6) is 11.5 Å². The number of fused-ring (bicyclic) bond motifs is 1. The minimum Gasteiger partial charge on any atom is -0.457 e. The van der Waals surface area contributed by atoms with Crippen molar-refractivity contribution in [3.63, 3.8) is 0 Å². The molecular weight excluding hydrogens is 465 g/mol. The summed E-state index contributed by atoms with van der Waals surface area (Å²) >= 11 is 1.32. The Kier molecular flexibility index (Phi) is 7.32. The highest BCUT2D eigenvalue weighted by Gasteiger charge is 2.25. The number of aromatic nitrogens is 1. The Morgan fingerprint density at radius 1 is 1.03 bits per heavy atom. The van der Waals surface area contributed by atoms with Crippen LogP contribution in [0.4, 0.5) is 9.52 Å². The fraction of sp³-hybridized carbons (Fsp3) is 0.259. The predicted molar refractivity (Wildman–Crippen MR) is 136 cm³/mol. The van der Waals surface area contributed by atoms with E-state index >= 15 is 0 Å². The Morgan fingerprint density at radius 2 is 1.80 bits per heavy atom. The maximum atomic E-state index is 14.4. The number of rotatable bonds is 8. The van der Waals surface area contributed by atoms with E-state index in [1.54, 1.807) is 23.1 Å². The number of hydrogen-bond donors (Lipinski definition) is 0. The molecule has 1 aliphatic heterocycles. The maximum Gasteiger partial charge on any atom is 0.263 e. The van der Waals surface area contributed by atoms with Gasteiger partial charge in [-0.15, -0.1) is 0 Å². The van der Waals surface area contributed by atoms with Gasteiger partial charge in [-0.1, -0.05) is 47.7 Å². The molecule has 35 heavy (non-hydrogen) atoms. The number of hydrogen-bond acceptors (Lipinski definition) is 6. The van der Waals surface area contributed by atoms with E-state index in [1.807, 2.05) is 48.5 Å². The molecule has 4 aromatic rings. The summed E-state index contributed by atoms with van der Waals surface area (Å²) < 4.78 is 26.6. The van der Waals surface area contributed by atoms with Crippen LogP contribution in [-0.4, -0.2) is 55.2 Å². The van der Waals surface area contributed by atoms with E-state index in [2.05, 4.69) is 9.88 Å². The Hall–Kier alpha value is -3.33. The van der Waals surface area contributed by atoms with Crippen LogP contribution in [0.25, 0.3) is 10.2 Å². The lowest BCUT2D eigenvalue weighted by Crippen LogP contribution is -2.39. The second kappa shape index (κ2) is 10.9. The van der Waals surface area contributed by atoms with Crippen molar-refractivity contribution >= 4 is 32.6 Å². The first-order valence-corrected chi connectivity index (χ1v) is 12.5. The fourth-order valence-electron chi connectivity index (χ4n) is 4.07. The summed E-state index contributed by atoms with van der Waals surface area (Å²) in [5.41, 5.74) is 0.717. The van der Waals surface area contributed by atoms with E-state index in [-0.39, 0.29) is 11.4 Å². The monoisotopic (exact) mass is 491 g/mol. The Bertz CT molecular complexity index is 1290. The highest BCUT2D eigenvalue weighted by molar-refractivity contribution is 7.22. The van der Waals surface area contributed by atoms with Crippen LogP contribution in [0, 0.1) is 5.82 Å². The number of thiazole rings is 1. The zero-order valence-electron chi connectivity index (χ0n) is 19.2. The molecule has 1 saturated heterocycles. The molecular formula is C27H26FN3O3S. The number of amides is 1.